The molecule has 0 fully saturated rings. The maximum atomic E-state index is 8.37. The van der Waals surface area contributed by atoms with Crippen LogP contribution in [-0.2, 0) is 0 Å². The van der Waals surface area contributed by atoms with Gasteiger partial charge in [0.15, 0.2) is 0 Å². The molecule has 0 saturated carbocycles. The van der Waals surface area contributed by atoms with E-state index < -0.39 is 10.9 Å². The van der Waals surface area contributed by atoms with E-state index >= 15 is 0 Å². The van der Waals surface area contributed by atoms with E-state index in [9.17, 15) is 0 Å². The Labute approximate surface area is 46.9 Å². The number of hydrogen-bond donors (Lipinski definition) is 1. The minimum absolute atomic E-state index is 0.617. The first kappa shape index (κ1) is 6.54. The van der Waals surface area contributed by atoms with E-state index in [1.165, 1.54) is 6.92 Å². The molecule has 38 valence electrons. The lowest BCUT2D eigenvalue weighted by Gasteiger charge is -1.99. The molecule has 3 heteroatoms. The summed E-state index contributed by atoms with van der Waals surface area (Å²) >= 11 is 10.3. The fourth-order valence-corrected chi connectivity index (χ4v) is 0. The predicted octanol–water partition coefficient (Wildman–Crippen LogP) is 1.17. The number of hydrogen-bond acceptors (Lipinski definition) is 1. The van der Waals surface area contributed by atoms with E-state index in [-0.39, 0.29) is 0 Å². The summed E-state index contributed by atoms with van der Waals surface area (Å²) in [6, 6.07) is 0. The second-order valence-electron chi connectivity index (χ2n) is 1.08. The molecule has 0 radical (unpaired) electrons. The van der Waals surface area contributed by atoms with Gasteiger partial charge in [0.2, 0.25) is 0 Å². The highest BCUT2D eigenvalue weighted by Gasteiger charge is 2.03. The van der Waals surface area contributed by atoms with Gasteiger partial charge in [0.1, 0.15) is 4.84 Å². The Morgan fingerprint density at radius 3 is 1.67 bits per heavy atom. The third kappa shape index (κ3) is 2.76. The molecular formula is C3H6Cl2O. The van der Waals surface area contributed by atoms with Crippen LogP contribution in [-0.4, -0.2) is 16.0 Å². The van der Waals surface area contributed by atoms with Crippen LogP contribution in [0.4, 0.5) is 0 Å². The Bertz CT molecular complexity index is 29.8. The molecule has 0 aliphatic carbocycles. The quantitative estimate of drug-likeness (QED) is 0.527. The summed E-state index contributed by atoms with van der Waals surface area (Å²) < 4.78 is 0. The summed E-state index contributed by atoms with van der Waals surface area (Å²) in [5.74, 6) is 0. The number of rotatable bonds is 1. The van der Waals surface area contributed by atoms with Crippen molar-refractivity contribution in [2.75, 3.05) is 0 Å². The van der Waals surface area contributed by atoms with Gasteiger partial charge in [-0.05, 0) is 6.92 Å². The second-order valence-corrected chi connectivity index (χ2v) is 2.24. The lowest BCUT2D eigenvalue weighted by atomic mass is 10.5. The lowest BCUT2D eigenvalue weighted by Crippen LogP contribution is -2.08. The van der Waals surface area contributed by atoms with E-state index in [1.807, 2.05) is 0 Å². The molecule has 0 aliphatic heterocycles. The molecule has 0 rings (SSSR count). The number of aliphatic hydroxyl groups is 1. The van der Waals surface area contributed by atoms with E-state index in [0.29, 0.717) is 0 Å². The molecule has 0 spiro atoms. The van der Waals surface area contributed by atoms with Crippen molar-refractivity contribution in [1.82, 2.24) is 0 Å². The molecule has 1 unspecified atom stereocenters. The Morgan fingerprint density at radius 1 is 1.50 bits per heavy atom. The highest BCUT2D eigenvalue weighted by molar-refractivity contribution is 6.44. The van der Waals surface area contributed by atoms with Crippen LogP contribution in [0.5, 0.6) is 0 Å². The Balaban J connectivity index is 2.99. The van der Waals surface area contributed by atoms with Gasteiger partial charge in [-0.3, -0.25) is 0 Å². The minimum Gasteiger partial charge on any atom is -0.391 e. The maximum Gasteiger partial charge on any atom is 0.133 e. The molecule has 0 bridgehead atoms. The molecule has 0 aromatic rings. The summed E-state index contributed by atoms with van der Waals surface area (Å²) in [5, 5.41) is 8.37. The van der Waals surface area contributed by atoms with Crippen molar-refractivity contribution in [3.8, 4) is 0 Å². The fourth-order valence-electron chi connectivity index (χ4n) is 0. The monoisotopic (exact) mass is 128 g/mol. The van der Waals surface area contributed by atoms with Gasteiger partial charge in [0.25, 0.3) is 0 Å². The van der Waals surface area contributed by atoms with Crippen LogP contribution in [0.15, 0.2) is 0 Å². The van der Waals surface area contributed by atoms with Gasteiger partial charge in [-0.15, -0.1) is 23.2 Å². The highest BCUT2D eigenvalue weighted by Crippen LogP contribution is 2.05. The molecular weight excluding hydrogens is 123 g/mol. The van der Waals surface area contributed by atoms with Crippen LogP contribution in [0, 0.1) is 0 Å². The van der Waals surface area contributed by atoms with Crippen LogP contribution in [0.1, 0.15) is 6.92 Å². The molecule has 0 aromatic carbocycles. The SMILES string of the molecule is CC(O)C(Cl)Cl. The van der Waals surface area contributed by atoms with Gasteiger partial charge in [0.05, 0.1) is 6.10 Å². The van der Waals surface area contributed by atoms with Gasteiger partial charge in [-0.1, -0.05) is 0 Å². The maximum absolute atomic E-state index is 8.37. The standard InChI is InChI=1S/C3H6Cl2O/c1-2(6)3(4)5/h2-3,6H,1H3. The van der Waals surface area contributed by atoms with Crippen molar-refractivity contribution >= 4 is 23.2 Å². The first-order valence-corrected chi connectivity index (χ1v) is 2.48. The summed E-state index contributed by atoms with van der Waals surface area (Å²) in [6.45, 7) is 1.53. The lowest BCUT2D eigenvalue weighted by molar-refractivity contribution is 0.209. The van der Waals surface area contributed by atoms with Crippen LogP contribution < -0.4 is 0 Å². The third-order valence-corrected chi connectivity index (χ3v) is 1.09. The fraction of sp³-hybridized carbons (Fsp3) is 1.00. The van der Waals surface area contributed by atoms with Crippen molar-refractivity contribution < 1.29 is 5.11 Å². The average molecular weight is 129 g/mol. The number of alkyl halides is 2. The molecule has 0 saturated heterocycles. The van der Waals surface area contributed by atoms with E-state index in [0.717, 1.165) is 0 Å². The summed E-state index contributed by atoms with van der Waals surface area (Å²) in [5.41, 5.74) is 0. The van der Waals surface area contributed by atoms with Crippen LogP contribution >= 0.6 is 23.2 Å². The molecule has 0 amide bonds. The van der Waals surface area contributed by atoms with Crippen molar-refractivity contribution in [2.24, 2.45) is 0 Å². The molecule has 0 aromatic heterocycles. The molecule has 1 atom stereocenters. The summed E-state index contributed by atoms with van der Waals surface area (Å²) in [7, 11) is 0. The molecule has 6 heavy (non-hydrogen) atoms. The van der Waals surface area contributed by atoms with E-state index in [1.54, 1.807) is 0 Å². The number of aliphatic hydroxyl groups excluding tert-OH is 1. The highest BCUT2D eigenvalue weighted by atomic mass is 35.5. The van der Waals surface area contributed by atoms with E-state index in [2.05, 4.69) is 0 Å². The smallest absolute Gasteiger partial charge is 0.133 e. The Hall–Kier alpha value is 0.540. The summed E-state index contributed by atoms with van der Waals surface area (Å²) in [6.07, 6.45) is -0.617. The van der Waals surface area contributed by atoms with Gasteiger partial charge in [-0.2, -0.15) is 0 Å². The zero-order chi connectivity index (χ0) is 5.15. The largest absolute Gasteiger partial charge is 0.391 e. The predicted molar refractivity (Wildman–Crippen MR) is 27.2 cm³/mol. The Morgan fingerprint density at radius 2 is 1.67 bits per heavy atom. The van der Waals surface area contributed by atoms with Gasteiger partial charge in [0, 0.05) is 0 Å². The van der Waals surface area contributed by atoms with E-state index in [4.69, 9.17) is 28.3 Å². The van der Waals surface area contributed by atoms with Gasteiger partial charge in [-0.25, -0.2) is 0 Å². The van der Waals surface area contributed by atoms with Crippen molar-refractivity contribution in [1.29, 1.82) is 0 Å². The van der Waals surface area contributed by atoms with Crippen molar-refractivity contribution in [2.45, 2.75) is 17.9 Å². The normalized spacial score (nSPS) is 15.5. The topological polar surface area (TPSA) is 20.2 Å². The van der Waals surface area contributed by atoms with Crippen LogP contribution in [0.3, 0.4) is 0 Å². The summed E-state index contributed by atoms with van der Waals surface area (Å²) in [4.78, 5) is -0.648. The Kier molecular flexibility index (Phi) is 2.91. The van der Waals surface area contributed by atoms with Gasteiger partial charge >= 0.3 is 0 Å². The molecule has 0 heterocycles. The minimum atomic E-state index is -0.648. The molecule has 1 N–H and O–H groups in total. The van der Waals surface area contributed by atoms with Crippen LogP contribution in [0.25, 0.3) is 0 Å². The third-order valence-electron chi connectivity index (χ3n) is 0.365. The first-order valence-electron chi connectivity index (χ1n) is 1.61. The zero-order valence-corrected chi connectivity index (χ0v) is 4.87. The second kappa shape index (κ2) is 2.67. The van der Waals surface area contributed by atoms with Crippen molar-refractivity contribution in [3.63, 3.8) is 0 Å². The van der Waals surface area contributed by atoms with Crippen LogP contribution in [0.2, 0.25) is 0 Å². The molecule has 0 aliphatic rings. The molecule has 1 nitrogen and oxygen atoms in total. The average Bonchev–Trinajstić information content (AvgIpc) is 1.36. The zero-order valence-electron chi connectivity index (χ0n) is 3.36. The van der Waals surface area contributed by atoms with Crippen molar-refractivity contribution in [3.05, 3.63) is 0 Å². The first-order chi connectivity index (χ1) is 2.64. The van der Waals surface area contributed by atoms with Gasteiger partial charge < -0.3 is 5.11 Å². The number of halogens is 2.